The van der Waals surface area contributed by atoms with Gasteiger partial charge in [0.05, 0.1) is 42.9 Å². The van der Waals surface area contributed by atoms with Crippen LogP contribution in [0.2, 0.25) is 0 Å². The number of pyridine rings is 1. The number of nitrogens with zero attached hydrogens (tertiary/aromatic N) is 5. The molecule has 14 nitrogen and oxygen atoms in total. The van der Waals surface area contributed by atoms with Crippen molar-refractivity contribution in [3.05, 3.63) is 128 Å². The van der Waals surface area contributed by atoms with Gasteiger partial charge in [0.15, 0.2) is 0 Å². The van der Waals surface area contributed by atoms with Gasteiger partial charge in [-0.3, -0.25) is 24.0 Å². The molecule has 0 saturated carbocycles. The molecular formula is C40H45FN8O6. The summed E-state index contributed by atoms with van der Waals surface area (Å²) in [7, 11) is 0. The summed E-state index contributed by atoms with van der Waals surface area (Å²) < 4.78 is 22.4. The zero-order valence-corrected chi connectivity index (χ0v) is 31.0. The first-order valence-electron chi connectivity index (χ1n) is 18.3. The summed E-state index contributed by atoms with van der Waals surface area (Å²) in [6, 6.07) is 14.8. The van der Waals surface area contributed by atoms with Crippen LogP contribution in [0, 0.1) is 5.82 Å². The van der Waals surface area contributed by atoms with Crippen molar-refractivity contribution in [1.29, 1.82) is 0 Å². The normalized spacial score (nSPS) is 14.5. The first-order valence-corrected chi connectivity index (χ1v) is 18.3. The van der Waals surface area contributed by atoms with Crippen molar-refractivity contribution in [2.45, 2.75) is 26.8 Å². The lowest BCUT2D eigenvalue weighted by Crippen LogP contribution is -2.52. The number of benzene rings is 2. The fourth-order valence-corrected chi connectivity index (χ4v) is 6.69. The van der Waals surface area contributed by atoms with E-state index in [1.807, 2.05) is 42.4 Å². The summed E-state index contributed by atoms with van der Waals surface area (Å²) in [4.78, 5) is 67.6. The minimum Gasteiger partial charge on any atom is -0.378 e. The van der Waals surface area contributed by atoms with Gasteiger partial charge in [0, 0.05) is 94.3 Å². The van der Waals surface area contributed by atoms with Gasteiger partial charge < -0.3 is 34.6 Å². The number of hydrogen-bond donors (Lipinski definition) is 3. The van der Waals surface area contributed by atoms with Crippen molar-refractivity contribution in [3.8, 4) is 0 Å². The molecule has 288 valence electrons. The van der Waals surface area contributed by atoms with Crippen LogP contribution in [0.1, 0.15) is 41.0 Å². The summed E-state index contributed by atoms with van der Waals surface area (Å²) in [5.74, 6) is -1.33. The number of nitrogens with one attached hydrogen (secondary N) is 3. The number of rotatable bonds is 14. The number of ether oxygens (including phenoxy) is 1. The molecule has 0 spiro atoms. The Balaban J connectivity index is 0.924. The van der Waals surface area contributed by atoms with Gasteiger partial charge in [-0.2, -0.15) is 5.10 Å². The van der Waals surface area contributed by atoms with Crippen LogP contribution >= 0.6 is 0 Å². The van der Waals surface area contributed by atoms with E-state index in [0.717, 1.165) is 16.8 Å². The van der Waals surface area contributed by atoms with Gasteiger partial charge in [-0.25, -0.2) is 9.49 Å². The average Bonchev–Trinajstić information content (AvgIpc) is 3.19. The number of allylic oxidation sites excluding steroid dienone is 2. The van der Waals surface area contributed by atoms with Crippen molar-refractivity contribution < 1.29 is 23.5 Å². The average molecular weight is 753 g/mol. The van der Waals surface area contributed by atoms with Crippen molar-refractivity contribution in [3.63, 3.8) is 0 Å². The van der Waals surface area contributed by atoms with Crippen molar-refractivity contribution in [2.75, 3.05) is 65.6 Å². The van der Waals surface area contributed by atoms with Gasteiger partial charge in [0.25, 0.3) is 17.0 Å². The van der Waals surface area contributed by atoms with Crippen LogP contribution in [0.3, 0.4) is 0 Å². The Morgan fingerprint density at radius 3 is 2.49 bits per heavy atom. The number of aryl methyl sites for hydroxylation is 1. The molecule has 2 aromatic carbocycles. The second-order valence-corrected chi connectivity index (χ2v) is 13.4. The van der Waals surface area contributed by atoms with Crippen LogP contribution in [-0.4, -0.2) is 113 Å². The van der Waals surface area contributed by atoms with Crippen LogP contribution in [0.25, 0.3) is 16.3 Å². The number of carbonyl (C=O) groups excluding carboxylic acids is 3. The zero-order chi connectivity index (χ0) is 38.9. The Labute approximate surface area is 317 Å². The number of carbonyl (C=O) groups is 3. The largest absolute Gasteiger partial charge is 0.378 e. The van der Waals surface area contributed by atoms with E-state index in [9.17, 15) is 28.4 Å². The fraction of sp³-hybridized carbons (Fsp3) is 0.350. The molecule has 4 aromatic rings. The van der Waals surface area contributed by atoms with E-state index in [0.29, 0.717) is 80.9 Å². The lowest BCUT2D eigenvalue weighted by Gasteiger charge is -2.35. The van der Waals surface area contributed by atoms with E-state index < -0.39 is 11.7 Å². The standard InChI is InChI=1S/C40H45FN8O6/c1-3-47-25-29(9-11-37(47)51)30-22-31(43-27(2)50)26-46(24-30)17-19-55-18-12-42-23-38(52)48-13-15-49(16-14-48)40(54)34-20-28(8-10-35(34)41)21-36-32-6-4-5-7-33(32)39(53)45-44-36/h4-11,20,22,24-25,42H,3,12-19,21,23,26H2,1-2H3,(H,43,50)(H,45,53). The number of H-pyrrole nitrogens is 1. The van der Waals surface area contributed by atoms with Crippen LogP contribution in [0.5, 0.6) is 0 Å². The molecule has 55 heavy (non-hydrogen) atoms. The van der Waals surface area contributed by atoms with Crippen LogP contribution in [-0.2, 0) is 27.3 Å². The lowest BCUT2D eigenvalue weighted by atomic mass is 10.0. The third-order valence-electron chi connectivity index (χ3n) is 9.57. The van der Waals surface area contributed by atoms with Crippen LogP contribution in [0.15, 0.2) is 88.4 Å². The van der Waals surface area contributed by atoms with Crippen molar-refractivity contribution >= 4 is 34.1 Å². The van der Waals surface area contributed by atoms with Gasteiger partial charge in [-0.05, 0) is 48.4 Å². The molecule has 2 aliphatic rings. The predicted molar refractivity (Wildman–Crippen MR) is 206 cm³/mol. The fourth-order valence-electron chi connectivity index (χ4n) is 6.69. The van der Waals surface area contributed by atoms with Gasteiger partial charge in [-0.15, -0.1) is 0 Å². The Morgan fingerprint density at radius 2 is 1.73 bits per heavy atom. The quantitative estimate of drug-likeness (QED) is 0.164. The van der Waals surface area contributed by atoms with E-state index >= 15 is 0 Å². The highest BCUT2D eigenvalue weighted by molar-refractivity contribution is 5.95. The molecule has 0 bridgehead atoms. The molecule has 15 heteroatoms. The van der Waals surface area contributed by atoms with Gasteiger partial charge in [-0.1, -0.05) is 24.3 Å². The Bertz CT molecular complexity index is 2240. The highest BCUT2D eigenvalue weighted by Crippen LogP contribution is 2.23. The van der Waals surface area contributed by atoms with Crippen molar-refractivity contribution in [2.24, 2.45) is 0 Å². The van der Waals surface area contributed by atoms with E-state index in [2.05, 4.69) is 20.8 Å². The number of piperazine rings is 1. The van der Waals surface area contributed by atoms with E-state index in [1.54, 1.807) is 38.6 Å². The third kappa shape index (κ3) is 9.79. The molecule has 2 aromatic heterocycles. The monoisotopic (exact) mass is 752 g/mol. The third-order valence-corrected chi connectivity index (χ3v) is 9.57. The number of amides is 3. The van der Waals surface area contributed by atoms with Gasteiger partial charge >= 0.3 is 0 Å². The molecule has 1 fully saturated rings. The lowest BCUT2D eigenvalue weighted by molar-refractivity contribution is -0.131. The molecule has 4 heterocycles. The Hall–Kier alpha value is -5.93. The smallest absolute Gasteiger partial charge is 0.272 e. The van der Waals surface area contributed by atoms with Crippen molar-refractivity contribution in [1.82, 2.24) is 40.1 Å². The summed E-state index contributed by atoms with van der Waals surface area (Å²) >= 11 is 0. The SMILES string of the molecule is CCn1cc(C2=CN(CCOCCNCC(=O)N3CCN(C(=O)c4cc(Cc5n[nH]c(=O)c6ccccc56)ccc4F)CC3)CC(NC(C)=O)=C2)ccc1=O. The number of hydrogen-bond acceptors (Lipinski definition) is 9. The molecule has 0 unspecified atom stereocenters. The maximum atomic E-state index is 14.9. The van der Waals surface area contributed by atoms with Gasteiger partial charge in [0.2, 0.25) is 11.8 Å². The van der Waals surface area contributed by atoms with E-state index in [4.69, 9.17) is 4.74 Å². The maximum absolute atomic E-state index is 14.9. The Morgan fingerprint density at radius 1 is 0.964 bits per heavy atom. The first-order chi connectivity index (χ1) is 26.6. The summed E-state index contributed by atoms with van der Waals surface area (Å²) in [5, 5.41) is 13.9. The minimum absolute atomic E-state index is 0.0474. The van der Waals surface area contributed by atoms with Crippen LogP contribution < -0.4 is 21.8 Å². The minimum atomic E-state index is -0.626. The maximum Gasteiger partial charge on any atom is 0.272 e. The van der Waals surface area contributed by atoms with E-state index in [1.165, 1.54) is 25.1 Å². The highest BCUT2D eigenvalue weighted by Gasteiger charge is 2.26. The molecule has 3 amide bonds. The summed E-state index contributed by atoms with van der Waals surface area (Å²) in [6.07, 6.45) is 6.01. The topological polar surface area (TPSA) is 162 Å². The molecule has 1 saturated heterocycles. The Kier molecular flexibility index (Phi) is 12.6. The summed E-state index contributed by atoms with van der Waals surface area (Å²) in [5.41, 5.74) is 3.36. The van der Waals surface area contributed by atoms with Crippen LogP contribution in [0.4, 0.5) is 4.39 Å². The predicted octanol–water partition coefficient (Wildman–Crippen LogP) is 2.10. The number of fused-ring (bicyclic) bond motifs is 1. The zero-order valence-electron chi connectivity index (χ0n) is 31.0. The molecule has 0 aliphatic carbocycles. The number of aromatic amines is 1. The molecule has 6 rings (SSSR count). The first kappa shape index (κ1) is 38.8. The molecule has 0 radical (unpaired) electrons. The molecule has 2 aliphatic heterocycles. The highest BCUT2D eigenvalue weighted by atomic mass is 19.1. The number of halogens is 1. The second-order valence-electron chi connectivity index (χ2n) is 13.4. The molecule has 0 atom stereocenters. The number of aromatic nitrogens is 3. The second kappa shape index (κ2) is 17.9. The molecular weight excluding hydrogens is 707 g/mol. The molecule has 3 N–H and O–H groups in total. The van der Waals surface area contributed by atoms with E-state index in [-0.39, 0.29) is 48.1 Å². The summed E-state index contributed by atoms with van der Waals surface area (Å²) in [6.45, 7) is 7.57. The van der Waals surface area contributed by atoms with Gasteiger partial charge in [0.1, 0.15) is 5.82 Å².